The van der Waals surface area contributed by atoms with Crippen LogP contribution in [0, 0.1) is 0 Å². The summed E-state index contributed by atoms with van der Waals surface area (Å²) in [6.07, 6.45) is 0. The second-order valence-corrected chi connectivity index (χ2v) is 16.5. The van der Waals surface area contributed by atoms with Crippen molar-refractivity contribution in [2.45, 2.75) is 19.6 Å². The molecular formula is C27H20N7Na3O14S4. The van der Waals surface area contributed by atoms with Gasteiger partial charge in [0, 0.05) is 11.4 Å². The van der Waals surface area contributed by atoms with Gasteiger partial charge in [0.25, 0.3) is 10.1 Å². The molecule has 28 heteroatoms. The number of azo groups is 1. The summed E-state index contributed by atoms with van der Waals surface area (Å²) in [5, 5.41) is 33.7. The number of hydrogen-bond donors (Lipinski definition) is 5. The van der Waals surface area contributed by atoms with E-state index in [4.69, 9.17) is 5.11 Å². The number of fused-ring (bicyclic) bond motifs is 1. The maximum atomic E-state index is 13.8. The summed E-state index contributed by atoms with van der Waals surface area (Å²) in [5.74, 6) is -3.02. The van der Waals surface area contributed by atoms with E-state index in [0.717, 1.165) is 18.2 Å². The number of aliphatic hydroxyl groups excluding tert-OH is 1. The van der Waals surface area contributed by atoms with Gasteiger partial charge >= 0.3 is 94.4 Å². The van der Waals surface area contributed by atoms with Crippen molar-refractivity contribution in [2.75, 3.05) is 23.0 Å². The van der Waals surface area contributed by atoms with E-state index in [1.165, 1.54) is 30.3 Å². The maximum absolute atomic E-state index is 13.8. The second kappa shape index (κ2) is 18.9. The van der Waals surface area contributed by atoms with E-state index >= 15 is 0 Å². The van der Waals surface area contributed by atoms with Gasteiger partial charge in [0.2, 0.25) is 11.9 Å². The Bertz CT molecular complexity index is 2810. The number of sulfone groups is 1. The first kappa shape index (κ1) is 48.7. The normalized spacial score (nSPS) is 12.0. The molecule has 0 fully saturated rings. The number of aliphatic hydroxyl groups is 1. The Morgan fingerprint density at radius 3 is 2.05 bits per heavy atom. The molecule has 0 aliphatic heterocycles. The number of benzene rings is 4. The van der Waals surface area contributed by atoms with Crippen molar-refractivity contribution in [1.29, 1.82) is 0 Å². The van der Waals surface area contributed by atoms with Gasteiger partial charge in [0.15, 0.2) is 9.84 Å². The van der Waals surface area contributed by atoms with E-state index in [1.807, 2.05) is 0 Å². The Kier molecular flexibility index (Phi) is 16.7. The van der Waals surface area contributed by atoms with Crippen molar-refractivity contribution in [3.63, 3.8) is 0 Å². The molecule has 1 aromatic heterocycles. The van der Waals surface area contributed by atoms with Gasteiger partial charge in [-0.15, -0.1) is 10.2 Å². The summed E-state index contributed by atoms with van der Waals surface area (Å²) >= 11 is 0. The van der Waals surface area contributed by atoms with Gasteiger partial charge in [0.05, 0.1) is 32.7 Å². The molecule has 0 amide bonds. The fourth-order valence-electron chi connectivity index (χ4n) is 4.60. The van der Waals surface area contributed by atoms with Gasteiger partial charge in [-0.05, 0) is 59.3 Å². The summed E-state index contributed by atoms with van der Waals surface area (Å²) in [6.45, 7) is -0.649. The molecule has 21 nitrogen and oxygen atoms in total. The number of nitrogens with zero attached hydrogens (tertiary/aromatic N) is 4. The first-order valence-electron chi connectivity index (χ1n) is 13.9. The van der Waals surface area contributed by atoms with Crippen LogP contribution in [0.1, 0.15) is 0 Å². The largest absolute Gasteiger partial charge is 1.00 e. The van der Waals surface area contributed by atoms with Crippen LogP contribution in [0.25, 0.3) is 10.8 Å². The van der Waals surface area contributed by atoms with Gasteiger partial charge in [0.1, 0.15) is 30.8 Å². The quantitative estimate of drug-likeness (QED) is 0.0442. The minimum absolute atomic E-state index is 0. The van der Waals surface area contributed by atoms with Crippen molar-refractivity contribution in [1.82, 2.24) is 15.0 Å². The monoisotopic (exact) mass is 863 g/mol. The number of H-pyrrole nitrogens is 1. The molecule has 274 valence electrons. The van der Waals surface area contributed by atoms with Crippen molar-refractivity contribution < 1.29 is 146 Å². The summed E-state index contributed by atoms with van der Waals surface area (Å²) in [7, 11) is -19.8. The predicted molar refractivity (Wildman–Crippen MR) is 175 cm³/mol. The van der Waals surface area contributed by atoms with Crippen LogP contribution in [-0.2, 0) is 40.2 Å². The molecule has 5 aromatic rings. The van der Waals surface area contributed by atoms with E-state index in [1.54, 1.807) is 0 Å². The van der Waals surface area contributed by atoms with Gasteiger partial charge in [-0.2, -0.15) is 18.4 Å². The zero-order valence-electron chi connectivity index (χ0n) is 28.5. The van der Waals surface area contributed by atoms with Crippen LogP contribution in [0.3, 0.4) is 0 Å². The summed E-state index contributed by atoms with van der Waals surface area (Å²) < 4.78 is 131. The average Bonchev–Trinajstić information content (AvgIpc) is 3.02. The Morgan fingerprint density at radius 2 is 1.44 bits per heavy atom. The third-order valence-corrected chi connectivity index (χ3v) is 11.0. The fraction of sp³-hybridized carbons (Fsp3) is 0.0741. The van der Waals surface area contributed by atoms with Crippen LogP contribution in [0.5, 0.6) is 5.75 Å². The standard InChI is InChI=1S/C27H23N7O14S4.3Na/c35-8-9-49(38,39)16-5-3-4-15(12-16)28-25-30-26(32-27(37)31-25)29-19-13-17(50(40,41)42)10-14-11-21(52(46,47)48)23(24(36)22(14)19)34-33-18-6-1-2-7-20(18)51(43,44)45;;;/h1-7,10-13,35-36H,8-9H2,(H,40,41,42)(H,43,44,45)(H,46,47,48)(H3,28,29,30,31,32,37);;;/q;3*+1/p-3. The average molecular weight is 864 g/mol. The zero-order chi connectivity index (χ0) is 38.2. The SMILES string of the molecule is O=c1nc(Nc2cc(S(=O)(=O)[O-])cc3cc(S(=O)(=O)O)c(N=Nc4ccccc4S(=O)(=O)[O-])c([O-])c23)nc(Nc2cccc(S(=O)(=O)CCO)c2)[nH]1.[Na+].[Na+].[Na+]. The molecule has 55 heavy (non-hydrogen) atoms. The zero-order valence-corrected chi connectivity index (χ0v) is 37.7. The summed E-state index contributed by atoms with van der Waals surface area (Å²) in [4.78, 5) is 18.9. The predicted octanol–water partition coefficient (Wildman–Crippen LogP) is -7.87. The molecule has 0 unspecified atom stereocenters. The molecule has 5 N–H and O–H groups in total. The molecule has 4 aromatic carbocycles. The molecule has 0 bridgehead atoms. The van der Waals surface area contributed by atoms with Crippen LogP contribution < -0.4 is 110 Å². The Morgan fingerprint density at radius 1 is 0.764 bits per heavy atom. The molecule has 5 rings (SSSR count). The smallest absolute Gasteiger partial charge is 0.870 e. The Labute approximate surface area is 378 Å². The Hall–Kier alpha value is -2.41. The first-order valence-corrected chi connectivity index (χ1v) is 19.8. The van der Waals surface area contributed by atoms with Gasteiger partial charge in [-0.25, -0.2) is 30.0 Å². The summed E-state index contributed by atoms with van der Waals surface area (Å²) in [6, 6.07) is 11.2. The van der Waals surface area contributed by atoms with Gasteiger partial charge < -0.3 is 30.0 Å². The van der Waals surface area contributed by atoms with E-state index in [9.17, 15) is 57.2 Å². The van der Waals surface area contributed by atoms with Crippen molar-refractivity contribution in [2.24, 2.45) is 10.2 Å². The van der Waals surface area contributed by atoms with Crippen LogP contribution in [0.4, 0.5) is 34.6 Å². The molecular weight excluding hydrogens is 844 g/mol. The van der Waals surface area contributed by atoms with Crippen LogP contribution in [0.2, 0.25) is 0 Å². The van der Waals surface area contributed by atoms with Gasteiger partial charge in [-0.1, -0.05) is 23.9 Å². The number of nitrogens with one attached hydrogen (secondary N) is 3. The fourth-order valence-corrected chi connectivity index (χ4v) is 7.46. The molecule has 0 atom stereocenters. The van der Waals surface area contributed by atoms with E-state index in [0.29, 0.717) is 18.2 Å². The first-order chi connectivity index (χ1) is 24.2. The number of aromatic nitrogens is 3. The third-order valence-electron chi connectivity index (χ3n) is 6.78. The van der Waals surface area contributed by atoms with Crippen molar-refractivity contribution >= 4 is 85.6 Å². The molecule has 1 heterocycles. The maximum Gasteiger partial charge on any atom is 1.00 e. The van der Waals surface area contributed by atoms with Gasteiger partial charge in [-0.3, -0.25) is 9.54 Å². The van der Waals surface area contributed by atoms with Crippen LogP contribution in [0.15, 0.2) is 101 Å². The van der Waals surface area contributed by atoms with Crippen LogP contribution >= 0.6 is 0 Å². The molecule has 0 saturated carbocycles. The summed E-state index contributed by atoms with van der Waals surface area (Å²) in [5.41, 5.74) is -3.42. The third kappa shape index (κ3) is 11.8. The number of rotatable bonds is 12. The minimum Gasteiger partial charge on any atom is -0.870 e. The van der Waals surface area contributed by atoms with E-state index in [-0.39, 0.29) is 105 Å². The number of aromatic amines is 1. The second-order valence-electron chi connectivity index (χ2n) is 10.3. The van der Waals surface area contributed by atoms with Crippen LogP contribution in [-0.4, -0.2) is 79.7 Å². The van der Waals surface area contributed by atoms with E-state index in [2.05, 4.69) is 35.8 Å². The molecule has 0 spiro atoms. The minimum atomic E-state index is -5.38. The topological polar surface area (TPSA) is 354 Å². The molecule has 0 aliphatic carbocycles. The molecule has 0 saturated heterocycles. The number of anilines is 4. The van der Waals surface area contributed by atoms with Crippen molar-refractivity contribution in [3.8, 4) is 5.75 Å². The molecule has 0 aliphatic rings. The number of hydrogen-bond acceptors (Lipinski definition) is 19. The molecule has 0 radical (unpaired) electrons. The van der Waals surface area contributed by atoms with E-state index < -0.39 is 112 Å². The Balaban J connectivity index is 0.00000348. The van der Waals surface area contributed by atoms with Crippen molar-refractivity contribution in [3.05, 3.63) is 77.2 Å².